The molecule has 1 N–H and O–H groups in total. The predicted molar refractivity (Wildman–Crippen MR) is 125 cm³/mol. The molecular weight excluding hydrogens is 416 g/mol. The Hall–Kier alpha value is -2.63. The SMILES string of the molecule is Cc1nc(-c2ccc(Cl)cc2)sc1/C=C/C1CCCN(c2ccccc2C(=O)O)C1. The van der Waals surface area contributed by atoms with Crippen LogP contribution in [-0.2, 0) is 0 Å². The van der Waals surface area contributed by atoms with Crippen molar-refractivity contribution in [2.24, 2.45) is 5.92 Å². The molecule has 2 heterocycles. The highest BCUT2D eigenvalue weighted by molar-refractivity contribution is 7.16. The fourth-order valence-corrected chi connectivity index (χ4v) is 4.93. The van der Waals surface area contributed by atoms with Gasteiger partial charge in [0, 0.05) is 23.7 Å². The van der Waals surface area contributed by atoms with Crippen LogP contribution in [0.5, 0.6) is 0 Å². The smallest absolute Gasteiger partial charge is 0.337 e. The number of nitrogens with zero attached hydrogens (tertiary/aromatic N) is 2. The van der Waals surface area contributed by atoms with Gasteiger partial charge in [0.25, 0.3) is 0 Å². The average molecular weight is 439 g/mol. The first kappa shape index (κ1) is 20.6. The molecule has 0 aliphatic carbocycles. The molecule has 3 aromatic rings. The fourth-order valence-electron chi connectivity index (χ4n) is 3.82. The number of hydrogen-bond donors (Lipinski definition) is 1. The van der Waals surface area contributed by atoms with E-state index in [4.69, 9.17) is 16.6 Å². The van der Waals surface area contributed by atoms with Crippen molar-refractivity contribution >= 4 is 40.7 Å². The van der Waals surface area contributed by atoms with E-state index in [1.54, 1.807) is 23.5 Å². The van der Waals surface area contributed by atoms with Gasteiger partial charge in [-0.15, -0.1) is 11.3 Å². The molecule has 1 aliphatic heterocycles. The van der Waals surface area contributed by atoms with E-state index in [1.807, 2.05) is 43.3 Å². The Morgan fingerprint density at radius 1 is 1.23 bits per heavy atom. The lowest BCUT2D eigenvalue weighted by atomic mass is 9.96. The Morgan fingerprint density at radius 3 is 2.77 bits per heavy atom. The predicted octanol–water partition coefficient (Wildman–Crippen LogP) is 6.40. The van der Waals surface area contributed by atoms with E-state index in [0.717, 1.165) is 57.8 Å². The molecule has 1 aliphatic rings. The topological polar surface area (TPSA) is 53.4 Å². The normalized spacial score (nSPS) is 16.9. The van der Waals surface area contributed by atoms with Gasteiger partial charge in [-0.1, -0.05) is 41.9 Å². The summed E-state index contributed by atoms with van der Waals surface area (Å²) < 4.78 is 0. The minimum absolute atomic E-state index is 0.369. The number of benzene rings is 2. The van der Waals surface area contributed by atoms with Crippen LogP contribution in [-0.4, -0.2) is 29.1 Å². The van der Waals surface area contributed by atoms with Gasteiger partial charge in [0.2, 0.25) is 0 Å². The summed E-state index contributed by atoms with van der Waals surface area (Å²) in [7, 11) is 0. The number of carboxylic acid groups (broad SMARTS) is 1. The number of piperidine rings is 1. The van der Waals surface area contributed by atoms with E-state index in [-0.39, 0.29) is 0 Å². The number of anilines is 1. The number of hydrogen-bond acceptors (Lipinski definition) is 4. The first-order valence-corrected chi connectivity index (χ1v) is 11.2. The molecule has 4 nitrogen and oxygen atoms in total. The van der Waals surface area contributed by atoms with E-state index in [9.17, 15) is 9.90 Å². The summed E-state index contributed by atoms with van der Waals surface area (Å²) in [5.41, 5.74) is 3.27. The van der Waals surface area contributed by atoms with E-state index in [1.165, 1.54) is 0 Å². The van der Waals surface area contributed by atoms with Gasteiger partial charge < -0.3 is 10.0 Å². The van der Waals surface area contributed by atoms with Gasteiger partial charge in [0.1, 0.15) is 5.01 Å². The van der Waals surface area contributed by atoms with Crippen molar-refractivity contribution in [2.45, 2.75) is 19.8 Å². The monoisotopic (exact) mass is 438 g/mol. The van der Waals surface area contributed by atoms with Crippen molar-refractivity contribution in [3.05, 3.63) is 75.8 Å². The van der Waals surface area contributed by atoms with E-state index in [2.05, 4.69) is 17.1 Å². The highest BCUT2D eigenvalue weighted by Crippen LogP contribution is 2.31. The first-order valence-electron chi connectivity index (χ1n) is 10.00. The van der Waals surface area contributed by atoms with Crippen molar-refractivity contribution in [1.29, 1.82) is 0 Å². The Morgan fingerprint density at radius 2 is 2.00 bits per heavy atom. The lowest BCUT2D eigenvalue weighted by Gasteiger charge is -2.34. The van der Waals surface area contributed by atoms with Gasteiger partial charge >= 0.3 is 5.97 Å². The molecular formula is C24H23ClN2O2S. The van der Waals surface area contributed by atoms with Gasteiger partial charge in [-0.05, 0) is 56.0 Å². The second-order valence-corrected chi connectivity index (χ2v) is 8.97. The van der Waals surface area contributed by atoms with Crippen molar-refractivity contribution in [3.8, 4) is 10.6 Å². The molecule has 2 aromatic carbocycles. The molecule has 6 heteroatoms. The van der Waals surface area contributed by atoms with E-state index < -0.39 is 5.97 Å². The van der Waals surface area contributed by atoms with Gasteiger partial charge in [-0.2, -0.15) is 0 Å². The molecule has 0 saturated carbocycles. The third-order valence-corrected chi connectivity index (χ3v) is 6.80. The summed E-state index contributed by atoms with van der Waals surface area (Å²) in [6.07, 6.45) is 6.57. The zero-order valence-corrected chi connectivity index (χ0v) is 18.3. The Labute approximate surface area is 185 Å². The molecule has 1 fully saturated rings. The van der Waals surface area contributed by atoms with Crippen LogP contribution >= 0.6 is 22.9 Å². The summed E-state index contributed by atoms with van der Waals surface area (Å²) in [5, 5.41) is 11.2. The number of halogens is 1. The van der Waals surface area contributed by atoms with Crippen LogP contribution in [0.25, 0.3) is 16.6 Å². The molecule has 0 radical (unpaired) electrons. The molecule has 154 valence electrons. The third kappa shape index (κ3) is 4.58. The number of para-hydroxylation sites is 1. The van der Waals surface area contributed by atoms with Crippen LogP contribution in [0.1, 0.15) is 33.8 Å². The molecule has 1 unspecified atom stereocenters. The second-order valence-electron chi connectivity index (χ2n) is 7.51. The number of carbonyl (C=O) groups is 1. The van der Waals surface area contributed by atoms with E-state index >= 15 is 0 Å². The highest BCUT2D eigenvalue weighted by atomic mass is 35.5. The van der Waals surface area contributed by atoms with Crippen molar-refractivity contribution < 1.29 is 9.90 Å². The fraction of sp³-hybridized carbons (Fsp3) is 0.250. The third-order valence-electron chi connectivity index (χ3n) is 5.38. The van der Waals surface area contributed by atoms with Gasteiger partial charge in [0.05, 0.1) is 21.8 Å². The summed E-state index contributed by atoms with van der Waals surface area (Å²) in [6.45, 7) is 3.74. The lowest BCUT2D eigenvalue weighted by Crippen LogP contribution is -2.35. The Kier molecular flexibility index (Phi) is 6.21. The van der Waals surface area contributed by atoms with Gasteiger partial charge in [-0.25, -0.2) is 9.78 Å². The van der Waals surface area contributed by atoms with Crippen molar-refractivity contribution in [1.82, 2.24) is 4.98 Å². The molecule has 0 spiro atoms. The number of aromatic carboxylic acids is 1. The van der Waals surface area contributed by atoms with Gasteiger partial charge in [-0.3, -0.25) is 0 Å². The summed E-state index contributed by atoms with van der Waals surface area (Å²) in [5.74, 6) is -0.501. The molecule has 0 bridgehead atoms. The molecule has 30 heavy (non-hydrogen) atoms. The molecule has 0 amide bonds. The quantitative estimate of drug-likeness (QED) is 0.500. The molecule has 1 aromatic heterocycles. The molecule has 1 saturated heterocycles. The summed E-state index contributed by atoms with van der Waals surface area (Å²) >= 11 is 7.67. The second kappa shape index (κ2) is 9.02. The van der Waals surface area contributed by atoms with Crippen molar-refractivity contribution in [3.63, 3.8) is 0 Å². The zero-order valence-electron chi connectivity index (χ0n) is 16.7. The Balaban J connectivity index is 1.50. The number of carboxylic acids is 1. The average Bonchev–Trinajstić information content (AvgIpc) is 3.13. The first-order chi connectivity index (χ1) is 14.5. The number of aromatic nitrogens is 1. The van der Waals surface area contributed by atoms with Crippen LogP contribution in [0, 0.1) is 12.8 Å². The largest absolute Gasteiger partial charge is 0.478 e. The Bertz CT molecular complexity index is 1080. The van der Waals surface area contributed by atoms with Gasteiger partial charge in [0.15, 0.2) is 0 Å². The number of aryl methyl sites for hydroxylation is 1. The zero-order chi connectivity index (χ0) is 21.1. The highest BCUT2D eigenvalue weighted by Gasteiger charge is 2.22. The maximum Gasteiger partial charge on any atom is 0.337 e. The molecule has 1 atom stereocenters. The maximum atomic E-state index is 11.6. The van der Waals surface area contributed by atoms with Crippen molar-refractivity contribution in [2.75, 3.05) is 18.0 Å². The molecule has 4 rings (SSSR count). The van der Waals surface area contributed by atoms with Crippen LogP contribution in [0.2, 0.25) is 5.02 Å². The number of thiazole rings is 1. The summed E-state index contributed by atoms with van der Waals surface area (Å²) in [4.78, 5) is 19.6. The summed E-state index contributed by atoms with van der Waals surface area (Å²) in [6, 6.07) is 15.0. The van der Waals surface area contributed by atoms with E-state index in [0.29, 0.717) is 11.5 Å². The minimum Gasteiger partial charge on any atom is -0.478 e. The van der Waals surface area contributed by atoms with Crippen LogP contribution in [0.15, 0.2) is 54.6 Å². The van der Waals surface area contributed by atoms with Crippen LogP contribution in [0.4, 0.5) is 5.69 Å². The number of rotatable bonds is 5. The standard InChI is InChI=1S/C24H23ClN2O2S/c1-16-22(30-23(26-16)18-9-11-19(25)12-10-18)13-8-17-5-4-14-27(15-17)21-7-3-2-6-20(21)24(28)29/h2-3,6-13,17H,4-5,14-15H2,1H3,(H,28,29)/b13-8+. The van der Waals surface area contributed by atoms with Crippen LogP contribution < -0.4 is 4.90 Å². The lowest BCUT2D eigenvalue weighted by molar-refractivity contribution is 0.0697. The maximum absolute atomic E-state index is 11.6. The van der Waals surface area contributed by atoms with Crippen LogP contribution in [0.3, 0.4) is 0 Å². The minimum atomic E-state index is -0.877.